The maximum atomic E-state index is 6.33. The molecule has 0 spiro atoms. The van der Waals surface area contributed by atoms with Crippen LogP contribution in [0.4, 0.5) is 0 Å². The first-order valence-corrected chi connectivity index (χ1v) is 7.93. The molecule has 2 aliphatic rings. The first-order valence-electron chi connectivity index (χ1n) is 7.93. The van der Waals surface area contributed by atoms with Crippen molar-refractivity contribution in [1.82, 2.24) is 0 Å². The van der Waals surface area contributed by atoms with Crippen LogP contribution in [0.5, 0.6) is 0 Å². The molecule has 100 valence electrons. The van der Waals surface area contributed by atoms with Crippen LogP contribution < -0.4 is 0 Å². The highest BCUT2D eigenvalue weighted by atomic mass is 16.5. The molecule has 0 heterocycles. The minimum Gasteiger partial charge on any atom is -0.375 e. The predicted octanol–water partition coefficient (Wildman–Crippen LogP) is 4.94. The lowest BCUT2D eigenvalue weighted by Crippen LogP contribution is -2.36. The first kappa shape index (κ1) is 13.4. The molecule has 0 aromatic heterocycles. The summed E-state index contributed by atoms with van der Waals surface area (Å²) in [5, 5.41) is 0. The highest BCUT2D eigenvalue weighted by Crippen LogP contribution is 2.37. The van der Waals surface area contributed by atoms with Gasteiger partial charge in [0.1, 0.15) is 0 Å². The topological polar surface area (TPSA) is 9.23 Å². The fraction of sp³-hybridized carbons (Fsp3) is 1.00. The average Bonchev–Trinajstić information content (AvgIpc) is 2.38. The summed E-state index contributed by atoms with van der Waals surface area (Å²) in [6, 6.07) is 0. The fourth-order valence-electron chi connectivity index (χ4n) is 3.85. The molecular formula is C16H30O. The second kappa shape index (κ2) is 6.78. The largest absolute Gasteiger partial charge is 0.375 e. The standard InChI is InChI=1S/C16H30O/c1-13(2)17-16(14-9-5-3-6-10-14)15-11-7-4-8-12-15/h13-16H,3-12H2,1-2H3. The summed E-state index contributed by atoms with van der Waals surface area (Å²) in [6.45, 7) is 4.41. The Kier molecular flexibility index (Phi) is 5.34. The zero-order valence-electron chi connectivity index (χ0n) is 11.8. The molecule has 0 unspecified atom stereocenters. The van der Waals surface area contributed by atoms with Crippen LogP contribution in [0.1, 0.15) is 78.1 Å². The van der Waals surface area contributed by atoms with Crippen LogP contribution in [0.25, 0.3) is 0 Å². The van der Waals surface area contributed by atoms with Crippen LogP contribution in [0.2, 0.25) is 0 Å². The van der Waals surface area contributed by atoms with Gasteiger partial charge in [-0.05, 0) is 51.4 Å². The Morgan fingerprint density at radius 2 is 1.12 bits per heavy atom. The van der Waals surface area contributed by atoms with Crippen molar-refractivity contribution in [1.29, 1.82) is 0 Å². The van der Waals surface area contributed by atoms with Crippen LogP contribution in [0, 0.1) is 11.8 Å². The summed E-state index contributed by atoms with van der Waals surface area (Å²) in [7, 11) is 0. The van der Waals surface area contributed by atoms with Gasteiger partial charge in [-0.1, -0.05) is 38.5 Å². The molecule has 0 amide bonds. The van der Waals surface area contributed by atoms with E-state index < -0.39 is 0 Å². The molecule has 2 rings (SSSR count). The minimum atomic E-state index is 0.406. The van der Waals surface area contributed by atoms with Crippen LogP contribution in [0.15, 0.2) is 0 Å². The van der Waals surface area contributed by atoms with Crippen molar-refractivity contribution in [2.24, 2.45) is 11.8 Å². The molecule has 0 saturated heterocycles. The van der Waals surface area contributed by atoms with Gasteiger partial charge in [0.15, 0.2) is 0 Å². The second-order valence-corrected chi connectivity index (χ2v) is 6.45. The van der Waals surface area contributed by atoms with E-state index in [-0.39, 0.29) is 0 Å². The van der Waals surface area contributed by atoms with Crippen molar-refractivity contribution in [3.63, 3.8) is 0 Å². The van der Waals surface area contributed by atoms with Gasteiger partial charge in [0.25, 0.3) is 0 Å². The summed E-state index contributed by atoms with van der Waals surface area (Å²) >= 11 is 0. The van der Waals surface area contributed by atoms with Gasteiger partial charge in [-0.25, -0.2) is 0 Å². The summed E-state index contributed by atoms with van der Waals surface area (Å²) in [4.78, 5) is 0. The normalized spacial score (nSPS) is 24.7. The molecule has 1 heteroatoms. The third-order valence-corrected chi connectivity index (χ3v) is 4.66. The van der Waals surface area contributed by atoms with Gasteiger partial charge >= 0.3 is 0 Å². The lowest BCUT2D eigenvalue weighted by molar-refractivity contribution is -0.0754. The quantitative estimate of drug-likeness (QED) is 0.674. The van der Waals surface area contributed by atoms with E-state index in [0.717, 1.165) is 11.8 Å². The number of hydrogen-bond acceptors (Lipinski definition) is 1. The Balaban J connectivity index is 1.95. The Labute approximate surface area is 107 Å². The van der Waals surface area contributed by atoms with Crippen LogP contribution in [-0.4, -0.2) is 12.2 Å². The van der Waals surface area contributed by atoms with Gasteiger partial charge in [0, 0.05) is 0 Å². The summed E-state index contributed by atoms with van der Waals surface area (Å²) in [5.74, 6) is 1.74. The molecule has 1 nitrogen and oxygen atoms in total. The first-order chi connectivity index (χ1) is 8.27. The number of hydrogen-bond donors (Lipinski definition) is 0. The third-order valence-electron chi connectivity index (χ3n) is 4.66. The maximum Gasteiger partial charge on any atom is 0.0634 e. The zero-order valence-corrected chi connectivity index (χ0v) is 11.8. The highest BCUT2D eigenvalue weighted by Gasteiger charge is 2.32. The molecule has 17 heavy (non-hydrogen) atoms. The SMILES string of the molecule is CC(C)OC(C1CCCCC1)C1CCCCC1. The lowest BCUT2D eigenvalue weighted by Gasteiger charge is -2.38. The molecule has 0 radical (unpaired) electrons. The molecule has 2 saturated carbocycles. The molecule has 0 aliphatic heterocycles. The maximum absolute atomic E-state index is 6.33. The number of rotatable bonds is 4. The number of ether oxygens (including phenoxy) is 1. The van der Waals surface area contributed by atoms with Crippen LogP contribution in [-0.2, 0) is 4.74 Å². The minimum absolute atomic E-state index is 0.406. The Morgan fingerprint density at radius 3 is 1.47 bits per heavy atom. The summed E-state index contributed by atoms with van der Waals surface area (Å²) < 4.78 is 6.33. The lowest BCUT2D eigenvalue weighted by atomic mass is 9.75. The van der Waals surface area contributed by atoms with Gasteiger partial charge in [-0.15, -0.1) is 0 Å². The smallest absolute Gasteiger partial charge is 0.0634 e. The van der Waals surface area contributed by atoms with Gasteiger partial charge in [0.2, 0.25) is 0 Å². The van der Waals surface area contributed by atoms with Gasteiger partial charge < -0.3 is 4.74 Å². The molecule has 0 atom stereocenters. The van der Waals surface area contributed by atoms with Crippen molar-refractivity contribution in [3.8, 4) is 0 Å². The molecule has 0 aromatic rings. The van der Waals surface area contributed by atoms with Crippen LogP contribution >= 0.6 is 0 Å². The van der Waals surface area contributed by atoms with E-state index in [1.165, 1.54) is 64.2 Å². The molecule has 0 N–H and O–H groups in total. The van der Waals surface area contributed by atoms with Gasteiger partial charge in [-0.3, -0.25) is 0 Å². The Morgan fingerprint density at radius 1 is 0.706 bits per heavy atom. The predicted molar refractivity (Wildman–Crippen MR) is 73.2 cm³/mol. The molecule has 2 aliphatic carbocycles. The summed E-state index contributed by atoms with van der Waals surface area (Å²) in [6.07, 6.45) is 15.4. The second-order valence-electron chi connectivity index (χ2n) is 6.45. The molecule has 0 bridgehead atoms. The van der Waals surface area contributed by atoms with Crippen molar-refractivity contribution in [2.75, 3.05) is 0 Å². The highest BCUT2D eigenvalue weighted by molar-refractivity contribution is 4.83. The molecular weight excluding hydrogens is 208 g/mol. The molecule has 0 aromatic carbocycles. The van der Waals surface area contributed by atoms with Crippen molar-refractivity contribution in [3.05, 3.63) is 0 Å². The van der Waals surface area contributed by atoms with E-state index in [1.807, 2.05) is 0 Å². The van der Waals surface area contributed by atoms with Crippen molar-refractivity contribution >= 4 is 0 Å². The van der Waals surface area contributed by atoms with E-state index >= 15 is 0 Å². The third kappa shape index (κ3) is 3.98. The average molecular weight is 238 g/mol. The Bertz CT molecular complexity index is 182. The monoisotopic (exact) mass is 238 g/mol. The van der Waals surface area contributed by atoms with Gasteiger partial charge in [0.05, 0.1) is 12.2 Å². The van der Waals surface area contributed by atoms with Crippen molar-refractivity contribution < 1.29 is 4.74 Å². The van der Waals surface area contributed by atoms with Crippen LogP contribution in [0.3, 0.4) is 0 Å². The van der Waals surface area contributed by atoms with E-state index in [1.54, 1.807) is 0 Å². The van der Waals surface area contributed by atoms with E-state index in [2.05, 4.69) is 13.8 Å². The summed E-state index contributed by atoms with van der Waals surface area (Å²) in [5.41, 5.74) is 0. The molecule has 2 fully saturated rings. The zero-order chi connectivity index (χ0) is 12.1. The fourth-order valence-corrected chi connectivity index (χ4v) is 3.85. The van der Waals surface area contributed by atoms with Gasteiger partial charge in [-0.2, -0.15) is 0 Å². The van der Waals surface area contributed by atoms with E-state index in [4.69, 9.17) is 4.74 Å². The van der Waals surface area contributed by atoms with E-state index in [9.17, 15) is 0 Å². The van der Waals surface area contributed by atoms with E-state index in [0.29, 0.717) is 12.2 Å². The van der Waals surface area contributed by atoms with Crippen molar-refractivity contribution in [2.45, 2.75) is 90.3 Å². The Hall–Kier alpha value is -0.0400.